The summed E-state index contributed by atoms with van der Waals surface area (Å²) in [6.45, 7) is 3.85. The number of pyridine rings is 1. The van der Waals surface area contributed by atoms with E-state index in [9.17, 15) is 57.9 Å². The number of esters is 1. The zero-order chi connectivity index (χ0) is 51.7. The molecule has 3 unspecified atom stereocenters. The Kier molecular flexibility index (Phi) is 16.2. The summed E-state index contributed by atoms with van der Waals surface area (Å²) in [5.74, 6) is -5.91. The Morgan fingerprint density at radius 3 is 2.14 bits per heavy atom. The van der Waals surface area contributed by atoms with Gasteiger partial charge in [0.05, 0.1) is 34.8 Å². The molecule has 1 aliphatic carbocycles. The molecule has 5 aromatic rings. The Morgan fingerprint density at radius 1 is 0.957 bits per heavy atom. The Labute approximate surface area is 396 Å². The first kappa shape index (κ1) is 54.1. The van der Waals surface area contributed by atoms with E-state index >= 15 is 8.78 Å². The average molecular weight is 1040 g/mol. The van der Waals surface area contributed by atoms with Crippen molar-refractivity contribution in [2.45, 2.75) is 89.1 Å². The van der Waals surface area contributed by atoms with Gasteiger partial charge < -0.3 is 10.1 Å². The molecule has 2 aromatic carbocycles. The van der Waals surface area contributed by atoms with Crippen LogP contribution >= 0.6 is 11.6 Å². The molecule has 3 aromatic heterocycles. The van der Waals surface area contributed by atoms with Crippen molar-refractivity contribution in [3.8, 4) is 23.0 Å². The molecule has 26 heteroatoms. The number of aromatic nitrogens is 5. The number of anilines is 1. The molecule has 3 heterocycles. The number of nitrogens with one attached hydrogen (secondary N) is 1. The normalized spacial score (nSPS) is 14.7. The summed E-state index contributed by atoms with van der Waals surface area (Å²) in [6, 6.07) is 5.21. The summed E-state index contributed by atoms with van der Waals surface area (Å²) in [7, 11) is -3.28. The minimum Gasteiger partial charge on any atom is -0.462 e. The highest BCUT2D eigenvalue weighted by molar-refractivity contribution is 7.86. The molecule has 372 valence electrons. The number of alkyl halides is 8. The maximum absolute atomic E-state index is 15.1. The lowest BCUT2D eigenvalue weighted by Gasteiger charge is -2.23. The highest BCUT2D eigenvalue weighted by Crippen LogP contribution is 2.47. The number of carbonyl (C=O) groups is 3. The fourth-order valence-electron chi connectivity index (χ4n) is 7.18. The third kappa shape index (κ3) is 11.9. The zero-order valence-electron chi connectivity index (χ0n) is 37.3. The summed E-state index contributed by atoms with van der Waals surface area (Å²) < 4.78 is 174. The molecular formula is C43H40ClF10N7O6S2. The predicted octanol–water partition coefficient (Wildman–Crippen LogP) is 8.28. The van der Waals surface area contributed by atoms with Crippen molar-refractivity contribution in [2.24, 2.45) is 0 Å². The molecule has 13 nitrogen and oxygen atoms in total. The van der Waals surface area contributed by atoms with Crippen LogP contribution in [-0.4, -0.2) is 81.3 Å². The summed E-state index contributed by atoms with van der Waals surface area (Å²) >= 11 is 6.58. The van der Waals surface area contributed by atoms with Gasteiger partial charge in [0.15, 0.2) is 11.5 Å². The Morgan fingerprint density at radius 2 is 1.58 bits per heavy atom. The predicted molar refractivity (Wildman–Crippen MR) is 234 cm³/mol. The number of benzene rings is 2. The first-order chi connectivity index (χ1) is 32.0. The Balaban J connectivity index is 0.00000438. The van der Waals surface area contributed by atoms with E-state index in [1.54, 1.807) is 0 Å². The number of amides is 2. The fourth-order valence-corrected chi connectivity index (χ4v) is 8.29. The summed E-state index contributed by atoms with van der Waals surface area (Å²) in [5.41, 5.74) is -5.44. The molecule has 1 N–H and O–H groups in total. The monoisotopic (exact) mass is 1040 g/mol. The SMILES string of the molecule is CC.COC(=O)C(=O)N(c1nn(CC(F)(F)F)c2c(-c3ccc(C#CC(C)(C)S(C)=O)nc3C(Cc3cc(F)cc(F)c3)NC(=O)Cn3nc(C(F)(F)F)c4c3C(F)(F)CC4)ccc(Cl)c12)S(C)=O. The molecule has 0 radical (unpaired) electrons. The first-order valence-corrected chi connectivity index (χ1v) is 23.7. The second kappa shape index (κ2) is 20.6. The van der Waals surface area contributed by atoms with Gasteiger partial charge in [-0.15, -0.1) is 0 Å². The van der Waals surface area contributed by atoms with E-state index in [-0.39, 0.29) is 37.1 Å². The van der Waals surface area contributed by atoms with E-state index < -0.39 is 151 Å². The molecule has 1 aliphatic rings. The van der Waals surface area contributed by atoms with E-state index in [2.05, 4.69) is 37.1 Å². The quantitative estimate of drug-likeness (QED) is 0.0595. The lowest BCUT2D eigenvalue weighted by Crippen LogP contribution is -2.38. The second-order valence-electron chi connectivity index (χ2n) is 15.4. The molecule has 0 aliphatic heterocycles. The van der Waals surface area contributed by atoms with Crippen LogP contribution in [0.2, 0.25) is 5.02 Å². The lowest BCUT2D eigenvalue weighted by molar-refractivity contribution is -0.150. The Hall–Kier alpha value is -5.87. The zero-order valence-corrected chi connectivity index (χ0v) is 39.7. The van der Waals surface area contributed by atoms with Crippen LogP contribution in [0.3, 0.4) is 0 Å². The topological polar surface area (TPSA) is 158 Å². The van der Waals surface area contributed by atoms with Gasteiger partial charge in [-0.05, 0) is 68.5 Å². The van der Waals surface area contributed by atoms with Gasteiger partial charge in [0.25, 0.3) is 5.92 Å². The van der Waals surface area contributed by atoms with Gasteiger partial charge in [0.2, 0.25) is 5.91 Å². The molecule has 0 fully saturated rings. The van der Waals surface area contributed by atoms with Crippen LogP contribution in [-0.2, 0) is 78.9 Å². The van der Waals surface area contributed by atoms with Crippen molar-refractivity contribution in [2.75, 3.05) is 23.9 Å². The van der Waals surface area contributed by atoms with E-state index in [0.717, 1.165) is 37.6 Å². The van der Waals surface area contributed by atoms with Crippen molar-refractivity contribution < 1.29 is 71.4 Å². The van der Waals surface area contributed by atoms with Crippen LogP contribution in [0.4, 0.5) is 49.7 Å². The van der Waals surface area contributed by atoms with Crippen molar-refractivity contribution in [1.29, 1.82) is 0 Å². The standard InChI is InChI=1S/C41H34ClF10N7O6S2.C2H6/c1-38(2,66(4)63)12-10-23-6-7-24(25-8-9-27(42)30-32(25)58(19-40(47,48)49)56-35(30)59(67(5)64)36(61)37(62)65-3)31(53-23)28(16-20-14-21(43)17-22(44)15-20)54-29(60)18-57-34-26(11-13-39(34,45)46)33(55-57)41(50,51)52;1-2/h6-9,14-15,17,28H,11,13,16,18-19H2,1-5H3,(H,54,60);1-2H3. The number of methoxy groups -OCH3 is 1. The minimum absolute atomic E-state index is 0.160. The van der Waals surface area contributed by atoms with Crippen LogP contribution in [0.5, 0.6) is 0 Å². The summed E-state index contributed by atoms with van der Waals surface area (Å²) in [4.78, 5) is 44.2. The van der Waals surface area contributed by atoms with Crippen LogP contribution in [0.15, 0.2) is 42.5 Å². The van der Waals surface area contributed by atoms with E-state index in [1.807, 2.05) is 13.8 Å². The number of nitrogens with zero attached hydrogens (tertiary/aromatic N) is 6. The number of fused-ring (bicyclic) bond motifs is 2. The average Bonchev–Trinajstić information content (AvgIpc) is 3.90. The molecule has 0 bridgehead atoms. The van der Waals surface area contributed by atoms with Crippen LogP contribution in [0.1, 0.15) is 74.1 Å². The van der Waals surface area contributed by atoms with Gasteiger partial charge >= 0.3 is 24.2 Å². The molecule has 0 saturated carbocycles. The largest absolute Gasteiger partial charge is 0.462 e. The summed E-state index contributed by atoms with van der Waals surface area (Å²) in [6.07, 6.45) is -10.4. The summed E-state index contributed by atoms with van der Waals surface area (Å²) in [5, 5.41) is 8.79. The van der Waals surface area contributed by atoms with Crippen molar-refractivity contribution in [3.63, 3.8) is 0 Å². The van der Waals surface area contributed by atoms with Crippen molar-refractivity contribution in [1.82, 2.24) is 29.9 Å². The number of hydrogen-bond acceptors (Lipinski definition) is 9. The third-order valence-corrected chi connectivity index (χ3v) is 13.0. The number of carbonyl (C=O) groups excluding carboxylic acids is 3. The van der Waals surface area contributed by atoms with Crippen molar-refractivity contribution >= 4 is 67.9 Å². The lowest BCUT2D eigenvalue weighted by atomic mass is 9.93. The van der Waals surface area contributed by atoms with Crippen LogP contribution < -0.4 is 9.62 Å². The number of hydrogen-bond donors (Lipinski definition) is 1. The molecule has 0 spiro atoms. The van der Waals surface area contributed by atoms with Gasteiger partial charge in [-0.3, -0.25) is 23.2 Å². The third-order valence-electron chi connectivity index (χ3n) is 10.2. The molecule has 2 amide bonds. The maximum Gasteiger partial charge on any atom is 0.435 e. The minimum atomic E-state index is -5.20. The fraction of sp³-hybridized carbons (Fsp3) is 0.395. The highest BCUT2D eigenvalue weighted by atomic mass is 35.5. The first-order valence-electron chi connectivity index (χ1n) is 20.2. The van der Waals surface area contributed by atoms with Crippen LogP contribution in [0.25, 0.3) is 22.0 Å². The van der Waals surface area contributed by atoms with Gasteiger partial charge in [-0.25, -0.2) is 22.8 Å². The Bertz CT molecular complexity index is 2930. The molecule has 3 atom stereocenters. The van der Waals surface area contributed by atoms with Gasteiger partial charge in [-0.1, -0.05) is 37.4 Å². The van der Waals surface area contributed by atoms with Crippen LogP contribution in [0, 0.1) is 23.5 Å². The van der Waals surface area contributed by atoms with E-state index in [1.165, 1.54) is 32.2 Å². The molecule has 0 saturated heterocycles. The van der Waals surface area contributed by atoms with E-state index in [4.69, 9.17) is 11.6 Å². The van der Waals surface area contributed by atoms with Gasteiger partial charge in [-0.2, -0.15) is 49.6 Å². The second-order valence-corrected chi connectivity index (χ2v) is 19.0. The van der Waals surface area contributed by atoms with Gasteiger partial charge in [0.1, 0.15) is 51.8 Å². The van der Waals surface area contributed by atoms with Crippen molar-refractivity contribution in [3.05, 3.63) is 93.0 Å². The van der Waals surface area contributed by atoms with E-state index in [0.29, 0.717) is 10.7 Å². The number of rotatable bonds is 11. The molecule has 6 rings (SSSR count). The molecule has 69 heavy (non-hydrogen) atoms. The highest BCUT2D eigenvalue weighted by Gasteiger charge is 2.50. The number of ether oxygens (including phenoxy) is 1. The smallest absolute Gasteiger partial charge is 0.435 e. The van der Waals surface area contributed by atoms with Gasteiger partial charge in [0, 0.05) is 52.5 Å². The molecular weight excluding hydrogens is 1000 g/mol. The maximum atomic E-state index is 15.1. The number of halogens is 11.